The van der Waals surface area contributed by atoms with Crippen LogP contribution in [0.2, 0.25) is 0 Å². The Kier molecular flexibility index (Phi) is 4.60. The Bertz CT molecular complexity index is 1450. The molecule has 0 N–H and O–H groups in total. The quantitative estimate of drug-likeness (QED) is 0.380. The van der Waals surface area contributed by atoms with Crippen LogP contribution in [-0.2, 0) is 5.21 Å². The second-order valence-corrected chi connectivity index (χ2v) is 9.82. The Labute approximate surface area is 190 Å². The number of nitrogens with zero attached hydrogens (tertiary/aromatic N) is 2. The zero-order chi connectivity index (χ0) is 21.7. The highest BCUT2D eigenvalue weighted by atomic mass is 16.3. The van der Waals surface area contributed by atoms with Crippen molar-refractivity contribution in [2.24, 2.45) is 5.92 Å². The van der Waals surface area contributed by atoms with Gasteiger partial charge in [-0.05, 0) is 35.6 Å². The Morgan fingerprint density at radius 2 is 1.72 bits per heavy atom. The average Bonchev–Trinajstić information content (AvgIpc) is 3.23. The molecule has 156 valence electrons. The van der Waals surface area contributed by atoms with Crippen molar-refractivity contribution in [3.8, 4) is 11.3 Å². The number of hydrogen-bond donors (Lipinski definition) is 0. The lowest BCUT2D eigenvalue weighted by molar-refractivity contribution is 0.327. The fraction of sp³-hybridized carbons (Fsp3) is 0.259. The van der Waals surface area contributed by atoms with E-state index in [2.05, 4.69) is 69.2 Å². The van der Waals surface area contributed by atoms with E-state index < -0.39 is 0 Å². The molecular weight excluding hydrogens is 390 g/mol. The van der Waals surface area contributed by atoms with Gasteiger partial charge in [-0.2, -0.15) is 0 Å². The monoisotopic (exact) mass is 416 g/mol. The highest BCUT2D eigenvalue weighted by Gasteiger charge is 2.32. The van der Waals surface area contributed by atoms with E-state index in [0.29, 0.717) is 5.71 Å². The highest BCUT2D eigenvalue weighted by molar-refractivity contribution is 6.40. The summed E-state index contributed by atoms with van der Waals surface area (Å²) in [6, 6.07) is 19.3. The molecule has 1 fully saturated rings. The van der Waals surface area contributed by atoms with E-state index in [1.807, 2.05) is 18.5 Å². The number of fused-ring (bicyclic) bond motifs is 5. The molecule has 0 radical (unpaired) electrons. The molecule has 0 aliphatic heterocycles. The lowest BCUT2D eigenvalue weighted by atomic mass is 9.43. The maximum atomic E-state index is 6.18. The summed E-state index contributed by atoms with van der Waals surface area (Å²) in [6.45, 7) is 0. The van der Waals surface area contributed by atoms with Gasteiger partial charge in [0, 0.05) is 28.7 Å². The van der Waals surface area contributed by atoms with Gasteiger partial charge in [0.15, 0.2) is 0 Å². The summed E-state index contributed by atoms with van der Waals surface area (Å²) in [5.74, 6) is 0.740. The van der Waals surface area contributed by atoms with Crippen molar-refractivity contribution in [3.05, 3.63) is 72.6 Å². The van der Waals surface area contributed by atoms with E-state index in [-0.39, 0.29) is 5.21 Å². The van der Waals surface area contributed by atoms with Gasteiger partial charge in [-0.15, -0.1) is 0 Å². The van der Waals surface area contributed by atoms with Crippen LogP contribution in [0, 0.1) is 5.92 Å². The Morgan fingerprint density at radius 1 is 0.875 bits per heavy atom. The standard InChI is InChI=1S/C27H26B2N2O/c28-27(29,19-7-2-1-3-8-19)20-12-13-30-23(15-20)17-10-11-22-24(14-17)32-26-25(22)21-9-5-4-6-18(21)16-31-26/h4-6,9-16,19H,1-3,7-8,28-29H2. The van der Waals surface area contributed by atoms with Crippen molar-refractivity contribution in [2.45, 2.75) is 37.3 Å². The molecule has 3 heterocycles. The van der Waals surface area contributed by atoms with Crippen molar-refractivity contribution >= 4 is 48.5 Å². The van der Waals surface area contributed by atoms with Gasteiger partial charge in [-0.1, -0.05) is 73.2 Å². The summed E-state index contributed by atoms with van der Waals surface area (Å²) in [4.78, 5) is 9.29. The first-order valence-electron chi connectivity index (χ1n) is 11.8. The number of furan rings is 1. The van der Waals surface area contributed by atoms with E-state index >= 15 is 0 Å². The maximum Gasteiger partial charge on any atom is 0.227 e. The zero-order valence-corrected chi connectivity index (χ0v) is 18.8. The summed E-state index contributed by atoms with van der Waals surface area (Å²) in [5, 5.41) is 4.66. The van der Waals surface area contributed by atoms with Gasteiger partial charge >= 0.3 is 0 Å². The van der Waals surface area contributed by atoms with Gasteiger partial charge in [-0.25, -0.2) is 4.98 Å². The maximum absolute atomic E-state index is 6.18. The van der Waals surface area contributed by atoms with Crippen LogP contribution < -0.4 is 0 Å². The first-order chi connectivity index (χ1) is 15.6. The van der Waals surface area contributed by atoms with Gasteiger partial charge < -0.3 is 4.42 Å². The third-order valence-electron chi connectivity index (χ3n) is 7.65. The SMILES string of the molecule is BC(B)(c1ccnc(-c2ccc3c(c2)oc2ncc4ccccc4c23)c1)C1CCCCC1. The largest absolute Gasteiger partial charge is 0.438 e. The van der Waals surface area contributed by atoms with E-state index in [9.17, 15) is 0 Å². The van der Waals surface area contributed by atoms with Crippen LogP contribution in [-0.4, -0.2) is 25.7 Å². The van der Waals surface area contributed by atoms with Crippen LogP contribution in [0.1, 0.15) is 37.7 Å². The number of rotatable bonds is 3. The molecule has 0 bridgehead atoms. The Morgan fingerprint density at radius 3 is 2.59 bits per heavy atom. The highest BCUT2D eigenvalue weighted by Crippen LogP contribution is 2.39. The van der Waals surface area contributed by atoms with Crippen LogP contribution in [0.4, 0.5) is 0 Å². The number of aromatic nitrogens is 2. The Hall–Kier alpha value is -3.07. The van der Waals surface area contributed by atoms with Gasteiger partial charge in [0.25, 0.3) is 0 Å². The average molecular weight is 416 g/mol. The molecule has 0 saturated heterocycles. The van der Waals surface area contributed by atoms with E-state index in [0.717, 1.165) is 38.9 Å². The fourth-order valence-electron chi connectivity index (χ4n) is 5.61. The lowest BCUT2D eigenvalue weighted by Gasteiger charge is -2.38. The molecule has 3 aromatic heterocycles. The van der Waals surface area contributed by atoms with Crippen molar-refractivity contribution in [1.29, 1.82) is 0 Å². The van der Waals surface area contributed by atoms with Crippen molar-refractivity contribution in [1.82, 2.24) is 9.97 Å². The predicted octanol–water partition coefficient (Wildman–Crippen LogP) is 5.20. The second kappa shape index (κ2) is 7.51. The third-order valence-corrected chi connectivity index (χ3v) is 7.65. The number of hydrogen-bond acceptors (Lipinski definition) is 3. The van der Waals surface area contributed by atoms with Gasteiger partial charge in [0.1, 0.15) is 21.3 Å². The minimum absolute atomic E-state index is 0.157. The third kappa shape index (κ3) is 3.14. The minimum Gasteiger partial charge on any atom is -0.438 e. The molecule has 1 saturated carbocycles. The summed E-state index contributed by atoms with van der Waals surface area (Å²) >= 11 is 0. The minimum atomic E-state index is 0.157. The molecule has 3 nitrogen and oxygen atoms in total. The number of pyridine rings is 2. The molecule has 0 amide bonds. The van der Waals surface area contributed by atoms with E-state index in [4.69, 9.17) is 9.40 Å². The fourth-order valence-corrected chi connectivity index (χ4v) is 5.61. The molecule has 2 aromatic carbocycles. The molecule has 6 rings (SSSR count). The van der Waals surface area contributed by atoms with Crippen LogP contribution in [0.5, 0.6) is 0 Å². The normalized spacial score (nSPS) is 15.6. The van der Waals surface area contributed by atoms with Crippen LogP contribution in [0.25, 0.3) is 44.1 Å². The summed E-state index contributed by atoms with van der Waals surface area (Å²) < 4.78 is 6.18. The van der Waals surface area contributed by atoms with E-state index in [1.165, 1.54) is 43.1 Å². The first kappa shape index (κ1) is 19.6. The van der Waals surface area contributed by atoms with Crippen molar-refractivity contribution in [2.75, 3.05) is 0 Å². The topological polar surface area (TPSA) is 38.9 Å². The summed E-state index contributed by atoms with van der Waals surface area (Å²) in [7, 11) is 4.81. The van der Waals surface area contributed by atoms with Crippen LogP contribution in [0.15, 0.2) is 71.4 Å². The van der Waals surface area contributed by atoms with Crippen molar-refractivity contribution < 1.29 is 4.42 Å². The lowest BCUT2D eigenvalue weighted by Crippen LogP contribution is -2.37. The molecule has 32 heavy (non-hydrogen) atoms. The molecule has 1 aliphatic rings. The number of benzene rings is 2. The molecule has 5 heteroatoms. The molecule has 1 aliphatic carbocycles. The Balaban J connectivity index is 1.44. The summed E-state index contributed by atoms with van der Waals surface area (Å²) in [6.07, 6.45) is 10.6. The molecule has 0 atom stereocenters. The molecule has 0 spiro atoms. The molecular formula is C27H26B2N2O. The smallest absolute Gasteiger partial charge is 0.227 e. The van der Waals surface area contributed by atoms with Gasteiger partial charge in [0.2, 0.25) is 5.71 Å². The summed E-state index contributed by atoms with van der Waals surface area (Å²) in [5.41, 5.74) is 5.02. The zero-order valence-electron chi connectivity index (χ0n) is 18.8. The van der Waals surface area contributed by atoms with Crippen LogP contribution in [0.3, 0.4) is 0 Å². The first-order valence-corrected chi connectivity index (χ1v) is 11.8. The van der Waals surface area contributed by atoms with Gasteiger partial charge in [0.05, 0.1) is 11.1 Å². The molecule has 5 aromatic rings. The predicted molar refractivity (Wildman–Crippen MR) is 138 cm³/mol. The van der Waals surface area contributed by atoms with Gasteiger partial charge in [-0.3, -0.25) is 4.98 Å². The van der Waals surface area contributed by atoms with Crippen LogP contribution >= 0.6 is 0 Å². The van der Waals surface area contributed by atoms with E-state index in [1.54, 1.807) is 0 Å². The second-order valence-electron chi connectivity index (χ2n) is 9.82. The van der Waals surface area contributed by atoms with Crippen molar-refractivity contribution in [3.63, 3.8) is 0 Å². The molecule has 0 unspecified atom stereocenters.